The fourth-order valence-corrected chi connectivity index (χ4v) is 6.93. The van der Waals surface area contributed by atoms with Gasteiger partial charge in [0.05, 0.1) is 16.0 Å². The molecule has 2 aliphatic carbocycles. The summed E-state index contributed by atoms with van der Waals surface area (Å²) in [5.41, 5.74) is 1.11. The van der Waals surface area contributed by atoms with Gasteiger partial charge in [0.1, 0.15) is 11.5 Å². The number of carbonyl (C=O) groups excluding carboxylic acids is 2. The maximum Gasteiger partial charge on any atom is 0.343 e. The molecule has 0 aliphatic heterocycles. The van der Waals surface area contributed by atoms with E-state index in [1.807, 2.05) is 0 Å². The average molecular weight is 613 g/mol. The highest BCUT2D eigenvalue weighted by atomic mass is 32.2. The molecule has 1 aromatic heterocycles. The molecule has 2 aliphatic rings. The molecule has 1 fully saturated rings. The highest BCUT2D eigenvalue weighted by Gasteiger charge is 2.39. The zero-order valence-corrected chi connectivity index (χ0v) is 24.7. The zero-order chi connectivity index (χ0) is 30.8. The Balaban J connectivity index is 1.29. The van der Waals surface area contributed by atoms with E-state index in [0.717, 1.165) is 25.7 Å². The number of aromatic hydroxyl groups is 1. The van der Waals surface area contributed by atoms with Crippen LogP contribution in [0.3, 0.4) is 0 Å². The number of aryl methyl sites for hydroxylation is 1. The number of hydrogen-bond donors (Lipinski definition) is 3. The minimum absolute atomic E-state index is 0.0299. The number of Topliss-reactive ketones (excluding diaryl/α,β-unsaturated/α-hetero) is 1. The van der Waals surface area contributed by atoms with Gasteiger partial charge in [-0.2, -0.15) is 0 Å². The summed E-state index contributed by atoms with van der Waals surface area (Å²) >= 11 is 0. The van der Waals surface area contributed by atoms with E-state index in [-0.39, 0.29) is 57.2 Å². The topological polar surface area (TPSA) is 143 Å². The van der Waals surface area contributed by atoms with E-state index < -0.39 is 21.6 Å². The first kappa shape index (κ1) is 29.4. The molecule has 226 valence electrons. The molecule has 0 bridgehead atoms. The monoisotopic (exact) mass is 612 g/mol. The van der Waals surface area contributed by atoms with Crippen LogP contribution in [0.5, 0.6) is 5.75 Å². The van der Waals surface area contributed by atoms with Crippen LogP contribution in [0, 0.1) is 5.92 Å². The summed E-state index contributed by atoms with van der Waals surface area (Å²) in [6, 6.07) is 21.2. The van der Waals surface area contributed by atoms with Crippen LogP contribution in [0.1, 0.15) is 82.0 Å². The summed E-state index contributed by atoms with van der Waals surface area (Å²) < 4.78 is 35.1. The molecule has 4 aromatic rings. The second-order valence-electron chi connectivity index (χ2n) is 11.3. The van der Waals surface area contributed by atoms with Crippen molar-refractivity contribution in [3.63, 3.8) is 0 Å². The number of nitrogens with one attached hydrogen (secondary N) is 2. The molecular formula is C34H32N2O7S. The molecule has 1 unspecified atom stereocenters. The quantitative estimate of drug-likeness (QED) is 0.214. The van der Waals surface area contributed by atoms with Gasteiger partial charge in [-0.25, -0.2) is 13.2 Å². The number of sulfonamides is 1. The van der Waals surface area contributed by atoms with E-state index in [2.05, 4.69) is 10.0 Å². The molecule has 6 rings (SSSR count). The summed E-state index contributed by atoms with van der Waals surface area (Å²) in [6.07, 6.45) is 4.62. The van der Waals surface area contributed by atoms with Gasteiger partial charge in [-0.1, -0.05) is 42.8 Å². The molecule has 0 radical (unpaired) electrons. The Morgan fingerprint density at radius 1 is 0.864 bits per heavy atom. The lowest BCUT2D eigenvalue weighted by atomic mass is 9.85. The van der Waals surface area contributed by atoms with E-state index in [1.54, 1.807) is 66.7 Å². The van der Waals surface area contributed by atoms with Gasteiger partial charge < -0.3 is 14.8 Å². The largest absolute Gasteiger partial charge is 0.506 e. The fraction of sp³-hybridized carbons (Fsp3) is 0.265. The standard InChI is InChI=1S/C34H32N2O7S/c37-27-15-5-2-6-16-28-30(27)32(38)31(34(40)43-28)29(21-17-18-21)23-11-7-13-25(19-23)36-44(41,42)26-14-8-12-24(20-26)35-33(39)22-9-3-1-4-10-22/h1,3-4,7-14,19-21,29,36,38H,2,5-6,15-18H2,(H,35,39). The first-order valence-corrected chi connectivity index (χ1v) is 16.2. The summed E-state index contributed by atoms with van der Waals surface area (Å²) in [5, 5.41) is 14.1. The van der Waals surface area contributed by atoms with Gasteiger partial charge in [-0.15, -0.1) is 0 Å². The van der Waals surface area contributed by atoms with Gasteiger partial charge in [-0.3, -0.25) is 14.3 Å². The smallest absolute Gasteiger partial charge is 0.343 e. The van der Waals surface area contributed by atoms with Crippen molar-refractivity contribution < 1.29 is 27.5 Å². The molecule has 1 heterocycles. The van der Waals surface area contributed by atoms with Gasteiger partial charge in [0.25, 0.3) is 15.9 Å². The highest BCUT2D eigenvalue weighted by Crippen LogP contribution is 2.49. The van der Waals surface area contributed by atoms with Crippen molar-refractivity contribution in [3.05, 3.63) is 117 Å². The second kappa shape index (κ2) is 12.1. The average Bonchev–Trinajstić information content (AvgIpc) is 3.84. The Morgan fingerprint density at radius 2 is 1.59 bits per heavy atom. The molecule has 0 saturated heterocycles. The lowest BCUT2D eigenvalue weighted by molar-refractivity contribution is 0.0967. The predicted octanol–water partition coefficient (Wildman–Crippen LogP) is 6.24. The van der Waals surface area contributed by atoms with Crippen molar-refractivity contribution in [1.29, 1.82) is 0 Å². The number of benzene rings is 3. The molecule has 1 saturated carbocycles. The Morgan fingerprint density at radius 3 is 2.36 bits per heavy atom. The first-order chi connectivity index (χ1) is 21.2. The van der Waals surface area contributed by atoms with E-state index in [9.17, 15) is 27.9 Å². The van der Waals surface area contributed by atoms with E-state index in [4.69, 9.17) is 4.42 Å². The van der Waals surface area contributed by atoms with Crippen molar-refractivity contribution in [1.82, 2.24) is 0 Å². The van der Waals surface area contributed by atoms with Gasteiger partial charge in [0.2, 0.25) is 0 Å². The van der Waals surface area contributed by atoms with Crippen LogP contribution >= 0.6 is 0 Å². The minimum Gasteiger partial charge on any atom is -0.506 e. The minimum atomic E-state index is -4.07. The summed E-state index contributed by atoms with van der Waals surface area (Å²) in [6.45, 7) is 0. The van der Waals surface area contributed by atoms with Crippen LogP contribution < -0.4 is 15.7 Å². The van der Waals surface area contributed by atoms with Crippen LogP contribution in [0.25, 0.3) is 0 Å². The predicted molar refractivity (Wildman–Crippen MR) is 166 cm³/mol. The number of rotatable bonds is 8. The molecule has 3 N–H and O–H groups in total. The van der Waals surface area contributed by atoms with Gasteiger partial charge >= 0.3 is 5.63 Å². The molecule has 9 nitrogen and oxygen atoms in total. The third kappa shape index (κ3) is 6.16. The third-order valence-corrected chi connectivity index (χ3v) is 9.51. The Labute approximate surface area is 255 Å². The summed E-state index contributed by atoms with van der Waals surface area (Å²) in [4.78, 5) is 38.8. The van der Waals surface area contributed by atoms with Gasteiger partial charge in [-0.05, 0) is 79.6 Å². The van der Waals surface area contributed by atoms with Gasteiger partial charge in [0.15, 0.2) is 5.78 Å². The van der Waals surface area contributed by atoms with Crippen LogP contribution in [-0.2, 0) is 16.4 Å². The molecule has 1 atom stereocenters. The van der Waals surface area contributed by atoms with E-state index >= 15 is 0 Å². The van der Waals surface area contributed by atoms with Crippen LogP contribution in [0.4, 0.5) is 11.4 Å². The SMILES string of the molecule is O=C(Nc1cccc(S(=O)(=O)Nc2cccc(C(c3c(O)c4c(oc3=O)CCCCCC4=O)C3CC3)c2)c1)c1ccccc1. The lowest BCUT2D eigenvalue weighted by Gasteiger charge is -2.21. The third-order valence-electron chi connectivity index (χ3n) is 8.13. The van der Waals surface area contributed by atoms with E-state index in [0.29, 0.717) is 29.7 Å². The van der Waals surface area contributed by atoms with Crippen molar-refractivity contribution in [2.24, 2.45) is 5.92 Å². The second-order valence-corrected chi connectivity index (χ2v) is 13.0. The van der Waals surface area contributed by atoms with Crippen molar-refractivity contribution in [2.75, 3.05) is 10.0 Å². The fourth-order valence-electron chi connectivity index (χ4n) is 5.84. The Bertz CT molecular complexity index is 1900. The first-order valence-electron chi connectivity index (χ1n) is 14.7. The maximum atomic E-state index is 13.4. The van der Waals surface area contributed by atoms with Gasteiger partial charge in [0, 0.05) is 35.7 Å². The summed E-state index contributed by atoms with van der Waals surface area (Å²) in [5.74, 6) is -1.23. The van der Waals surface area contributed by atoms with Crippen molar-refractivity contribution in [2.45, 2.75) is 55.8 Å². The van der Waals surface area contributed by atoms with Crippen LogP contribution in [0.2, 0.25) is 0 Å². The number of anilines is 2. The van der Waals surface area contributed by atoms with Crippen molar-refractivity contribution in [3.8, 4) is 5.75 Å². The van der Waals surface area contributed by atoms with E-state index in [1.165, 1.54) is 12.1 Å². The molecule has 0 spiro atoms. The number of hydrogen-bond acceptors (Lipinski definition) is 7. The Hall–Kier alpha value is -4.70. The van der Waals surface area contributed by atoms with Crippen LogP contribution in [-0.4, -0.2) is 25.2 Å². The van der Waals surface area contributed by atoms with Crippen LogP contribution in [0.15, 0.2) is 93.0 Å². The van der Waals surface area contributed by atoms with Crippen molar-refractivity contribution >= 4 is 33.1 Å². The number of fused-ring (bicyclic) bond motifs is 1. The molecule has 44 heavy (non-hydrogen) atoms. The summed E-state index contributed by atoms with van der Waals surface area (Å²) in [7, 11) is -4.07. The number of ketones is 1. The maximum absolute atomic E-state index is 13.4. The number of amides is 1. The molecule has 3 aromatic carbocycles. The molecule has 10 heteroatoms. The highest BCUT2D eigenvalue weighted by molar-refractivity contribution is 7.92. The number of carbonyl (C=O) groups is 2. The molecular weight excluding hydrogens is 580 g/mol. The molecule has 1 amide bonds. The Kier molecular flexibility index (Phi) is 8.09. The normalized spacial score (nSPS) is 15.9. The lowest BCUT2D eigenvalue weighted by Crippen LogP contribution is -2.21. The zero-order valence-electron chi connectivity index (χ0n) is 23.9.